The molecule has 1 saturated heterocycles. The van der Waals surface area contributed by atoms with Crippen LogP contribution in [0.1, 0.15) is 28.8 Å². The van der Waals surface area contributed by atoms with Gasteiger partial charge in [0, 0.05) is 30.6 Å². The number of furan rings is 1. The van der Waals surface area contributed by atoms with Gasteiger partial charge in [-0.3, -0.25) is 9.59 Å². The molecule has 24 heavy (non-hydrogen) atoms. The summed E-state index contributed by atoms with van der Waals surface area (Å²) in [5.74, 6) is 5.26. The Morgan fingerprint density at radius 2 is 1.88 bits per heavy atom. The predicted molar refractivity (Wildman–Crippen MR) is 89.1 cm³/mol. The van der Waals surface area contributed by atoms with Crippen molar-refractivity contribution in [3.8, 4) is 11.8 Å². The molecule has 5 heteroatoms. The number of carbonyl (C=O) groups excluding carboxylic acids is 2. The second-order valence-corrected chi connectivity index (χ2v) is 5.67. The summed E-state index contributed by atoms with van der Waals surface area (Å²) in [5.41, 5.74) is 1.34. The summed E-state index contributed by atoms with van der Waals surface area (Å²) >= 11 is 0. The van der Waals surface area contributed by atoms with Crippen LogP contribution in [0.5, 0.6) is 0 Å². The minimum absolute atomic E-state index is 0.0681. The van der Waals surface area contributed by atoms with E-state index >= 15 is 0 Å². The van der Waals surface area contributed by atoms with Gasteiger partial charge in [-0.15, -0.1) is 0 Å². The number of rotatable bonds is 2. The molecule has 1 aliphatic rings. The molecule has 0 radical (unpaired) electrons. The molecular formula is C19H18N2O3. The lowest BCUT2D eigenvalue weighted by molar-refractivity contribution is -0.126. The van der Waals surface area contributed by atoms with Gasteiger partial charge in [0.25, 0.3) is 11.8 Å². The van der Waals surface area contributed by atoms with Gasteiger partial charge >= 0.3 is 0 Å². The molecule has 0 spiro atoms. The molecule has 0 atom stereocenters. The SMILES string of the molecule is O=C(NC1CCN(C(=O)C#Cc2ccccc2)CC1)c1ccoc1. The number of nitrogens with one attached hydrogen (secondary N) is 1. The number of amides is 2. The monoisotopic (exact) mass is 322 g/mol. The second kappa shape index (κ2) is 7.51. The molecule has 1 fully saturated rings. The quantitative estimate of drug-likeness (QED) is 0.861. The summed E-state index contributed by atoms with van der Waals surface area (Å²) < 4.78 is 4.91. The third-order valence-electron chi connectivity index (χ3n) is 3.99. The van der Waals surface area contributed by atoms with E-state index in [9.17, 15) is 9.59 Å². The molecule has 2 heterocycles. The summed E-state index contributed by atoms with van der Waals surface area (Å²) in [6.45, 7) is 1.19. The van der Waals surface area contributed by atoms with Crippen molar-refractivity contribution >= 4 is 11.8 Å². The number of nitrogens with zero attached hydrogens (tertiary/aromatic N) is 1. The molecule has 3 rings (SSSR count). The topological polar surface area (TPSA) is 62.6 Å². The van der Waals surface area contributed by atoms with Crippen molar-refractivity contribution in [2.24, 2.45) is 0 Å². The summed E-state index contributed by atoms with van der Waals surface area (Å²) in [7, 11) is 0. The van der Waals surface area contributed by atoms with Crippen molar-refractivity contribution in [1.82, 2.24) is 10.2 Å². The molecule has 2 amide bonds. The third-order valence-corrected chi connectivity index (χ3v) is 3.99. The highest BCUT2D eigenvalue weighted by Gasteiger charge is 2.23. The van der Waals surface area contributed by atoms with Gasteiger partial charge in [0.1, 0.15) is 6.26 Å². The van der Waals surface area contributed by atoms with E-state index in [1.165, 1.54) is 12.5 Å². The number of carbonyl (C=O) groups is 2. The van der Waals surface area contributed by atoms with Crippen molar-refractivity contribution in [3.63, 3.8) is 0 Å². The first-order valence-electron chi connectivity index (χ1n) is 7.91. The van der Waals surface area contributed by atoms with E-state index in [1.54, 1.807) is 11.0 Å². The lowest BCUT2D eigenvalue weighted by atomic mass is 10.0. The average Bonchev–Trinajstić information content (AvgIpc) is 3.16. The Bertz CT molecular complexity index is 749. The summed E-state index contributed by atoms with van der Waals surface area (Å²) in [4.78, 5) is 25.8. The Morgan fingerprint density at radius 1 is 1.12 bits per heavy atom. The Hall–Kier alpha value is -3.00. The summed E-state index contributed by atoms with van der Waals surface area (Å²) in [5, 5.41) is 2.97. The average molecular weight is 322 g/mol. The first-order chi connectivity index (χ1) is 11.7. The third kappa shape index (κ3) is 4.05. The number of likely N-dealkylation sites (tertiary alicyclic amines) is 1. The molecule has 0 aliphatic carbocycles. The minimum Gasteiger partial charge on any atom is -0.472 e. The molecule has 1 aromatic carbocycles. The predicted octanol–water partition coefficient (Wildman–Crippen LogP) is 2.05. The van der Waals surface area contributed by atoms with Gasteiger partial charge in [-0.05, 0) is 31.0 Å². The summed E-state index contributed by atoms with van der Waals surface area (Å²) in [6.07, 6.45) is 4.35. The number of hydrogen-bond donors (Lipinski definition) is 1. The maximum Gasteiger partial charge on any atom is 0.298 e. The van der Waals surface area contributed by atoms with Crippen molar-refractivity contribution in [3.05, 3.63) is 60.1 Å². The zero-order chi connectivity index (χ0) is 16.8. The molecule has 0 saturated carbocycles. The zero-order valence-electron chi connectivity index (χ0n) is 13.2. The van der Waals surface area contributed by atoms with Crippen LogP contribution in [0.4, 0.5) is 0 Å². The van der Waals surface area contributed by atoms with Gasteiger partial charge in [-0.25, -0.2) is 0 Å². The van der Waals surface area contributed by atoms with Crippen LogP contribution in [0.15, 0.2) is 53.3 Å². The molecule has 5 nitrogen and oxygen atoms in total. The highest BCUT2D eigenvalue weighted by atomic mass is 16.3. The Kier molecular flexibility index (Phi) is 4.97. The molecule has 2 aromatic rings. The van der Waals surface area contributed by atoms with Crippen LogP contribution in [0, 0.1) is 11.8 Å². The maximum absolute atomic E-state index is 12.1. The van der Waals surface area contributed by atoms with Crippen LogP contribution in [-0.2, 0) is 4.79 Å². The fourth-order valence-corrected chi connectivity index (χ4v) is 2.62. The maximum atomic E-state index is 12.1. The van der Waals surface area contributed by atoms with Crippen LogP contribution in [0.2, 0.25) is 0 Å². The minimum atomic E-state index is -0.168. The van der Waals surface area contributed by atoms with Gasteiger partial charge in [0.15, 0.2) is 0 Å². The van der Waals surface area contributed by atoms with Crippen LogP contribution in [-0.4, -0.2) is 35.8 Å². The molecular weight excluding hydrogens is 304 g/mol. The van der Waals surface area contributed by atoms with E-state index in [2.05, 4.69) is 17.2 Å². The van der Waals surface area contributed by atoms with Crippen LogP contribution < -0.4 is 5.32 Å². The number of piperidine rings is 1. The smallest absolute Gasteiger partial charge is 0.298 e. The Morgan fingerprint density at radius 3 is 2.54 bits per heavy atom. The lowest BCUT2D eigenvalue weighted by Gasteiger charge is -2.31. The van der Waals surface area contributed by atoms with E-state index < -0.39 is 0 Å². The van der Waals surface area contributed by atoms with E-state index in [0.29, 0.717) is 18.7 Å². The highest BCUT2D eigenvalue weighted by molar-refractivity contribution is 5.95. The van der Waals surface area contributed by atoms with Crippen molar-refractivity contribution in [1.29, 1.82) is 0 Å². The molecule has 0 unspecified atom stereocenters. The summed E-state index contributed by atoms with van der Waals surface area (Å²) in [6, 6.07) is 11.1. The van der Waals surface area contributed by atoms with E-state index in [4.69, 9.17) is 4.42 Å². The fourth-order valence-electron chi connectivity index (χ4n) is 2.62. The fraction of sp³-hybridized carbons (Fsp3) is 0.263. The highest BCUT2D eigenvalue weighted by Crippen LogP contribution is 2.11. The number of benzene rings is 1. The van der Waals surface area contributed by atoms with E-state index in [-0.39, 0.29) is 17.9 Å². The van der Waals surface area contributed by atoms with Crippen molar-refractivity contribution < 1.29 is 14.0 Å². The Labute approximate surface area is 140 Å². The lowest BCUT2D eigenvalue weighted by Crippen LogP contribution is -2.46. The first kappa shape index (κ1) is 15.9. The largest absolute Gasteiger partial charge is 0.472 e. The van der Waals surface area contributed by atoms with Gasteiger partial charge in [0.05, 0.1) is 11.8 Å². The van der Waals surface area contributed by atoms with Gasteiger partial charge < -0.3 is 14.6 Å². The molecule has 122 valence electrons. The normalized spacial score (nSPS) is 14.6. The van der Waals surface area contributed by atoms with Gasteiger partial charge in [0.2, 0.25) is 0 Å². The van der Waals surface area contributed by atoms with Gasteiger partial charge in [-0.2, -0.15) is 0 Å². The van der Waals surface area contributed by atoms with Crippen LogP contribution >= 0.6 is 0 Å². The van der Waals surface area contributed by atoms with Crippen LogP contribution in [0.3, 0.4) is 0 Å². The molecule has 1 N–H and O–H groups in total. The van der Waals surface area contributed by atoms with E-state index in [0.717, 1.165) is 18.4 Å². The van der Waals surface area contributed by atoms with E-state index in [1.807, 2.05) is 30.3 Å². The first-order valence-corrected chi connectivity index (χ1v) is 7.91. The number of hydrogen-bond acceptors (Lipinski definition) is 3. The zero-order valence-corrected chi connectivity index (χ0v) is 13.2. The molecule has 1 aliphatic heterocycles. The van der Waals surface area contributed by atoms with Crippen LogP contribution in [0.25, 0.3) is 0 Å². The standard InChI is InChI=1S/C19H18N2O3/c22-18(7-6-15-4-2-1-3-5-15)21-11-8-17(9-12-21)20-19(23)16-10-13-24-14-16/h1-5,10,13-14,17H,8-9,11-12H2,(H,20,23). The Balaban J connectivity index is 1.49. The van der Waals surface area contributed by atoms with Crippen molar-refractivity contribution in [2.45, 2.75) is 18.9 Å². The van der Waals surface area contributed by atoms with Gasteiger partial charge in [-0.1, -0.05) is 24.1 Å². The second-order valence-electron chi connectivity index (χ2n) is 5.67. The molecule has 0 bridgehead atoms. The van der Waals surface area contributed by atoms with Crippen molar-refractivity contribution in [2.75, 3.05) is 13.1 Å². The molecule has 1 aromatic heterocycles.